The average Bonchev–Trinajstić information content (AvgIpc) is 2.91. The van der Waals surface area contributed by atoms with Gasteiger partial charge in [0.2, 0.25) is 5.91 Å². The SMILES string of the molecule is CCCC(=O)N1CCC(c2nc3ccccc3[nH]2)CC1. The highest BCUT2D eigenvalue weighted by Gasteiger charge is 2.25. The highest BCUT2D eigenvalue weighted by Crippen LogP contribution is 2.27. The van der Waals surface area contributed by atoms with Gasteiger partial charge < -0.3 is 9.88 Å². The van der Waals surface area contributed by atoms with Crippen LogP contribution in [0.15, 0.2) is 24.3 Å². The summed E-state index contributed by atoms with van der Waals surface area (Å²) < 4.78 is 0. The predicted octanol–water partition coefficient (Wildman–Crippen LogP) is 3.07. The van der Waals surface area contributed by atoms with Crippen LogP contribution in [0.4, 0.5) is 0 Å². The summed E-state index contributed by atoms with van der Waals surface area (Å²) in [5, 5.41) is 0. The van der Waals surface area contributed by atoms with Gasteiger partial charge in [-0.15, -0.1) is 0 Å². The first kappa shape index (κ1) is 13.2. The van der Waals surface area contributed by atoms with Crippen molar-refractivity contribution in [3.05, 3.63) is 30.1 Å². The number of hydrogen-bond acceptors (Lipinski definition) is 2. The minimum Gasteiger partial charge on any atom is -0.343 e. The smallest absolute Gasteiger partial charge is 0.222 e. The summed E-state index contributed by atoms with van der Waals surface area (Å²) in [6.07, 6.45) is 3.63. The Hall–Kier alpha value is -1.84. The summed E-state index contributed by atoms with van der Waals surface area (Å²) in [7, 11) is 0. The highest BCUT2D eigenvalue weighted by atomic mass is 16.2. The number of likely N-dealkylation sites (tertiary alicyclic amines) is 1. The Bertz CT molecular complexity index is 564. The van der Waals surface area contributed by atoms with E-state index < -0.39 is 0 Å². The number of hydrogen-bond donors (Lipinski definition) is 1. The predicted molar refractivity (Wildman–Crippen MR) is 79.6 cm³/mol. The van der Waals surface area contributed by atoms with Gasteiger partial charge in [-0.2, -0.15) is 0 Å². The van der Waals surface area contributed by atoms with E-state index in [1.807, 2.05) is 23.1 Å². The second kappa shape index (κ2) is 5.65. The maximum absolute atomic E-state index is 11.9. The second-order valence-corrected chi connectivity index (χ2v) is 5.54. The molecule has 3 rings (SSSR count). The van der Waals surface area contributed by atoms with Crippen LogP contribution in [0.25, 0.3) is 11.0 Å². The number of H-pyrrole nitrogens is 1. The molecule has 0 saturated carbocycles. The third-order valence-corrected chi connectivity index (χ3v) is 4.11. The fourth-order valence-corrected chi connectivity index (χ4v) is 2.94. The molecule has 1 N–H and O–H groups in total. The van der Waals surface area contributed by atoms with E-state index in [0.29, 0.717) is 18.2 Å². The van der Waals surface area contributed by atoms with Crippen LogP contribution in [0.3, 0.4) is 0 Å². The zero-order valence-electron chi connectivity index (χ0n) is 11.9. The number of nitrogens with one attached hydrogen (secondary N) is 1. The van der Waals surface area contributed by atoms with Crippen LogP contribution >= 0.6 is 0 Å². The maximum atomic E-state index is 11.9. The van der Waals surface area contributed by atoms with Crippen molar-refractivity contribution < 1.29 is 4.79 Å². The van der Waals surface area contributed by atoms with Crippen molar-refractivity contribution in [2.75, 3.05) is 13.1 Å². The molecular weight excluding hydrogens is 250 g/mol. The number of nitrogens with zero attached hydrogens (tertiary/aromatic N) is 2. The molecule has 0 unspecified atom stereocenters. The molecule has 1 fully saturated rings. The molecule has 106 valence electrons. The Balaban J connectivity index is 1.67. The summed E-state index contributed by atoms with van der Waals surface area (Å²) in [5.41, 5.74) is 2.14. The molecule has 1 saturated heterocycles. The van der Waals surface area contributed by atoms with Crippen LogP contribution in [0.5, 0.6) is 0 Å². The zero-order chi connectivity index (χ0) is 13.9. The van der Waals surface area contributed by atoms with Gasteiger partial charge in [-0.05, 0) is 31.4 Å². The maximum Gasteiger partial charge on any atom is 0.222 e. The standard InChI is InChI=1S/C16H21N3O/c1-2-5-15(20)19-10-8-12(9-11-19)16-17-13-6-3-4-7-14(13)18-16/h3-4,6-7,12H,2,5,8-11H2,1H3,(H,17,18). The van der Waals surface area contributed by atoms with E-state index in [1.165, 1.54) is 0 Å². The lowest BCUT2D eigenvalue weighted by Crippen LogP contribution is -2.37. The highest BCUT2D eigenvalue weighted by molar-refractivity contribution is 5.76. The zero-order valence-corrected chi connectivity index (χ0v) is 11.9. The summed E-state index contributed by atoms with van der Waals surface area (Å²) in [4.78, 5) is 22.0. The quantitative estimate of drug-likeness (QED) is 0.932. The molecule has 1 aliphatic heterocycles. The van der Waals surface area contributed by atoms with E-state index in [9.17, 15) is 4.79 Å². The molecule has 0 radical (unpaired) electrons. The van der Waals surface area contributed by atoms with Crippen molar-refractivity contribution in [2.24, 2.45) is 0 Å². The molecule has 0 aliphatic carbocycles. The largest absolute Gasteiger partial charge is 0.343 e. The van der Waals surface area contributed by atoms with Gasteiger partial charge in [0.1, 0.15) is 5.82 Å². The van der Waals surface area contributed by atoms with Gasteiger partial charge in [-0.25, -0.2) is 4.98 Å². The molecule has 1 amide bonds. The van der Waals surface area contributed by atoms with Crippen LogP contribution in [0.1, 0.15) is 44.3 Å². The topological polar surface area (TPSA) is 49.0 Å². The molecule has 2 heterocycles. The fourth-order valence-electron chi connectivity index (χ4n) is 2.94. The van der Waals surface area contributed by atoms with E-state index in [-0.39, 0.29) is 0 Å². The van der Waals surface area contributed by atoms with Crippen LogP contribution < -0.4 is 0 Å². The van der Waals surface area contributed by atoms with Gasteiger partial charge in [0.05, 0.1) is 11.0 Å². The van der Waals surface area contributed by atoms with Crippen molar-refractivity contribution in [1.82, 2.24) is 14.9 Å². The van der Waals surface area contributed by atoms with Gasteiger partial charge in [0.25, 0.3) is 0 Å². The number of rotatable bonds is 3. The number of piperidine rings is 1. The van der Waals surface area contributed by atoms with E-state index in [1.54, 1.807) is 0 Å². The van der Waals surface area contributed by atoms with E-state index in [2.05, 4.69) is 23.0 Å². The third-order valence-electron chi connectivity index (χ3n) is 4.11. The summed E-state index contributed by atoms with van der Waals surface area (Å²) >= 11 is 0. The Labute approximate surface area is 119 Å². The molecule has 20 heavy (non-hydrogen) atoms. The van der Waals surface area contributed by atoms with E-state index in [0.717, 1.165) is 49.2 Å². The summed E-state index contributed by atoms with van der Waals surface area (Å²) in [6.45, 7) is 3.78. The molecule has 1 aromatic carbocycles. The number of imidazole rings is 1. The van der Waals surface area contributed by atoms with Gasteiger partial charge in [-0.1, -0.05) is 19.1 Å². The van der Waals surface area contributed by atoms with Crippen molar-refractivity contribution in [3.63, 3.8) is 0 Å². The number of carbonyl (C=O) groups excluding carboxylic acids is 1. The molecule has 0 bridgehead atoms. The van der Waals surface area contributed by atoms with Crippen molar-refractivity contribution in [1.29, 1.82) is 0 Å². The molecule has 1 aliphatic rings. The molecule has 0 atom stereocenters. The fraction of sp³-hybridized carbons (Fsp3) is 0.500. The van der Waals surface area contributed by atoms with Gasteiger partial charge >= 0.3 is 0 Å². The van der Waals surface area contributed by atoms with Crippen molar-refractivity contribution in [2.45, 2.75) is 38.5 Å². The normalized spacial score (nSPS) is 16.8. The lowest BCUT2D eigenvalue weighted by molar-refractivity contribution is -0.132. The third kappa shape index (κ3) is 2.55. The Morgan fingerprint density at radius 3 is 2.80 bits per heavy atom. The first-order valence-electron chi connectivity index (χ1n) is 7.50. The van der Waals surface area contributed by atoms with E-state index in [4.69, 9.17) is 0 Å². The minimum absolute atomic E-state index is 0.301. The van der Waals surface area contributed by atoms with Gasteiger partial charge in [0.15, 0.2) is 0 Å². The number of amides is 1. The van der Waals surface area contributed by atoms with Crippen molar-refractivity contribution >= 4 is 16.9 Å². The number of aromatic amines is 1. The molecule has 2 aromatic rings. The number of fused-ring (bicyclic) bond motifs is 1. The Morgan fingerprint density at radius 2 is 2.10 bits per heavy atom. The number of aromatic nitrogens is 2. The van der Waals surface area contributed by atoms with Gasteiger partial charge in [-0.3, -0.25) is 4.79 Å². The average molecular weight is 271 g/mol. The van der Waals surface area contributed by atoms with Gasteiger partial charge in [0, 0.05) is 25.4 Å². The summed E-state index contributed by atoms with van der Waals surface area (Å²) in [5.74, 6) is 1.83. The van der Waals surface area contributed by atoms with Crippen LogP contribution in [0, 0.1) is 0 Å². The minimum atomic E-state index is 0.301. The molecule has 4 heteroatoms. The van der Waals surface area contributed by atoms with Crippen LogP contribution in [-0.4, -0.2) is 33.9 Å². The molecular formula is C16H21N3O. The lowest BCUT2D eigenvalue weighted by atomic mass is 9.96. The van der Waals surface area contributed by atoms with Crippen LogP contribution in [0.2, 0.25) is 0 Å². The lowest BCUT2D eigenvalue weighted by Gasteiger charge is -2.31. The second-order valence-electron chi connectivity index (χ2n) is 5.54. The van der Waals surface area contributed by atoms with Crippen LogP contribution in [-0.2, 0) is 4.79 Å². The number of benzene rings is 1. The molecule has 0 spiro atoms. The Morgan fingerprint density at radius 1 is 1.35 bits per heavy atom. The molecule has 1 aromatic heterocycles. The first-order valence-corrected chi connectivity index (χ1v) is 7.50. The number of para-hydroxylation sites is 2. The number of carbonyl (C=O) groups is 1. The summed E-state index contributed by atoms with van der Waals surface area (Å²) in [6, 6.07) is 8.14. The Kier molecular flexibility index (Phi) is 3.72. The first-order chi connectivity index (χ1) is 9.78. The molecule has 4 nitrogen and oxygen atoms in total. The van der Waals surface area contributed by atoms with E-state index >= 15 is 0 Å². The monoisotopic (exact) mass is 271 g/mol. The van der Waals surface area contributed by atoms with Crippen molar-refractivity contribution in [3.8, 4) is 0 Å².